The van der Waals surface area contributed by atoms with Crippen LogP contribution >= 0.6 is 11.6 Å². The standard InChI is InChI=1S/C23H15ClFN5O6/c24-17-9-13(11-26-29-22(32)16-3-1-2-4-18(16)28-23(29)33)10-19(30(34)35)21(17)36-12-20(31)27-15-7-5-14(25)6-8-15/h1-11H,12H2,(H,27,31)(H,28,33). The van der Waals surface area contributed by atoms with Crippen LogP contribution in [0.3, 0.4) is 0 Å². The number of hydrogen-bond donors (Lipinski definition) is 2. The fourth-order valence-corrected chi connectivity index (χ4v) is 3.48. The van der Waals surface area contributed by atoms with Gasteiger partial charge in [-0.3, -0.25) is 19.7 Å². The average molecular weight is 512 g/mol. The van der Waals surface area contributed by atoms with Crippen LogP contribution in [0.15, 0.2) is 75.4 Å². The molecule has 1 amide bonds. The van der Waals surface area contributed by atoms with Crippen molar-refractivity contribution >= 4 is 46.0 Å². The minimum Gasteiger partial charge on any atom is -0.476 e. The van der Waals surface area contributed by atoms with Crippen LogP contribution in [0.25, 0.3) is 10.9 Å². The predicted octanol–water partition coefficient (Wildman–Crippen LogP) is 3.29. The van der Waals surface area contributed by atoms with Gasteiger partial charge in [0.1, 0.15) is 5.82 Å². The van der Waals surface area contributed by atoms with E-state index >= 15 is 0 Å². The van der Waals surface area contributed by atoms with Gasteiger partial charge < -0.3 is 15.0 Å². The van der Waals surface area contributed by atoms with E-state index in [2.05, 4.69) is 15.4 Å². The van der Waals surface area contributed by atoms with Gasteiger partial charge in [-0.2, -0.15) is 5.10 Å². The van der Waals surface area contributed by atoms with Crippen LogP contribution in [0, 0.1) is 15.9 Å². The Kier molecular flexibility index (Phi) is 6.88. The number of nitrogens with one attached hydrogen (secondary N) is 2. The number of nitro groups is 1. The summed E-state index contributed by atoms with van der Waals surface area (Å²) in [7, 11) is 0. The Bertz CT molecular complexity index is 1630. The molecule has 0 unspecified atom stereocenters. The van der Waals surface area contributed by atoms with Crippen molar-refractivity contribution in [3.8, 4) is 5.75 Å². The second-order valence-corrected chi connectivity index (χ2v) is 7.70. The highest BCUT2D eigenvalue weighted by Gasteiger charge is 2.21. The molecule has 182 valence electrons. The Morgan fingerprint density at radius 2 is 1.92 bits per heavy atom. The van der Waals surface area contributed by atoms with Crippen molar-refractivity contribution in [3.63, 3.8) is 0 Å². The van der Waals surface area contributed by atoms with Crippen LogP contribution < -0.4 is 21.3 Å². The van der Waals surface area contributed by atoms with Gasteiger partial charge in [0.05, 0.1) is 27.1 Å². The summed E-state index contributed by atoms with van der Waals surface area (Å²) in [6.07, 6.45) is 1.05. The Morgan fingerprint density at radius 3 is 2.64 bits per heavy atom. The van der Waals surface area contributed by atoms with Crippen molar-refractivity contribution in [1.82, 2.24) is 9.66 Å². The summed E-state index contributed by atoms with van der Waals surface area (Å²) in [6.45, 7) is -0.618. The van der Waals surface area contributed by atoms with Crippen molar-refractivity contribution in [2.45, 2.75) is 0 Å². The van der Waals surface area contributed by atoms with E-state index in [4.69, 9.17) is 16.3 Å². The summed E-state index contributed by atoms with van der Waals surface area (Å²) in [5, 5.41) is 17.9. The maximum atomic E-state index is 13.0. The first kappa shape index (κ1) is 24.3. The van der Waals surface area contributed by atoms with Crippen LogP contribution in [0.1, 0.15) is 5.56 Å². The number of ether oxygens (including phenoxy) is 1. The Hall–Kier alpha value is -4.84. The van der Waals surface area contributed by atoms with E-state index in [1.807, 2.05) is 0 Å². The van der Waals surface area contributed by atoms with Crippen molar-refractivity contribution < 1.29 is 18.8 Å². The van der Waals surface area contributed by atoms with Crippen molar-refractivity contribution in [3.05, 3.63) is 108 Å². The number of nitrogens with zero attached hydrogens (tertiary/aromatic N) is 3. The number of hydrogen-bond acceptors (Lipinski definition) is 7. The number of carbonyl (C=O) groups is 1. The molecule has 11 nitrogen and oxygen atoms in total. The van der Waals surface area contributed by atoms with E-state index in [0.717, 1.165) is 24.4 Å². The van der Waals surface area contributed by atoms with Gasteiger partial charge in [0.2, 0.25) is 5.75 Å². The normalized spacial score (nSPS) is 11.1. The van der Waals surface area contributed by atoms with Gasteiger partial charge in [0.25, 0.3) is 11.5 Å². The first-order chi connectivity index (χ1) is 17.2. The predicted molar refractivity (Wildman–Crippen MR) is 130 cm³/mol. The molecule has 0 aliphatic heterocycles. The van der Waals surface area contributed by atoms with Gasteiger partial charge in [-0.05, 0) is 42.5 Å². The van der Waals surface area contributed by atoms with Crippen molar-refractivity contribution in [2.24, 2.45) is 5.10 Å². The number of anilines is 1. The van der Waals surface area contributed by atoms with Gasteiger partial charge in [-0.25, -0.2) is 9.18 Å². The zero-order valence-electron chi connectivity index (χ0n) is 18.1. The SMILES string of the molecule is O=C(COc1c(Cl)cc(C=Nn2c(=O)[nH]c3ccccc3c2=O)cc1[N+](=O)[O-])Nc1ccc(F)cc1. The molecule has 0 atom stereocenters. The number of amides is 1. The molecule has 36 heavy (non-hydrogen) atoms. The monoisotopic (exact) mass is 511 g/mol. The lowest BCUT2D eigenvalue weighted by Crippen LogP contribution is -2.32. The molecule has 1 aromatic heterocycles. The zero-order valence-corrected chi connectivity index (χ0v) is 18.9. The molecule has 0 saturated carbocycles. The molecule has 0 aliphatic carbocycles. The fraction of sp³-hybridized carbons (Fsp3) is 0.0435. The second-order valence-electron chi connectivity index (χ2n) is 7.29. The molecule has 1 heterocycles. The van der Waals surface area contributed by atoms with E-state index in [1.54, 1.807) is 18.2 Å². The highest BCUT2D eigenvalue weighted by molar-refractivity contribution is 6.32. The molecular weight excluding hydrogens is 497 g/mol. The summed E-state index contributed by atoms with van der Waals surface area (Å²) in [6, 6.07) is 13.6. The molecule has 13 heteroatoms. The fourth-order valence-electron chi connectivity index (χ4n) is 3.20. The first-order valence-corrected chi connectivity index (χ1v) is 10.6. The third-order valence-electron chi connectivity index (χ3n) is 4.82. The van der Waals surface area contributed by atoms with Crippen LogP contribution in [0.2, 0.25) is 5.02 Å². The molecule has 4 aromatic rings. The van der Waals surface area contributed by atoms with Crippen molar-refractivity contribution in [1.29, 1.82) is 0 Å². The molecule has 0 fully saturated rings. The summed E-state index contributed by atoms with van der Waals surface area (Å²) in [4.78, 5) is 50.3. The summed E-state index contributed by atoms with van der Waals surface area (Å²) in [5.41, 5.74) is -1.33. The topological polar surface area (TPSA) is 149 Å². The molecule has 4 rings (SSSR count). The number of para-hydroxylation sites is 1. The lowest BCUT2D eigenvalue weighted by atomic mass is 10.2. The molecule has 0 radical (unpaired) electrons. The average Bonchev–Trinajstić information content (AvgIpc) is 2.84. The van der Waals surface area contributed by atoms with Gasteiger partial charge in [0, 0.05) is 17.3 Å². The van der Waals surface area contributed by atoms with E-state index in [1.165, 1.54) is 24.3 Å². The molecule has 0 saturated heterocycles. The smallest absolute Gasteiger partial charge is 0.349 e. The third kappa shape index (κ3) is 5.28. The van der Waals surface area contributed by atoms with Gasteiger partial charge in [-0.15, -0.1) is 4.68 Å². The summed E-state index contributed by atoms with van der Waals surface area (Å²) in [5.74, 6) is -1.51. The summed E-state index contributed by atoms with van der Waals surface area (Å²) < 4.78 is 18.8. The van der Waals surface area contributed by atoms with Gasteiger partial charge in [-0.1, -0.05) is 23.7 Å². The van der Waals surface area contributed by atoms with Gasteiger partial charge in [0.15, 0.2) is 6.61 Å². The second kappa shape index (κ2) is 10.2. The number of halogens is 2. The molecule has 0 bridgehead atoms. The van der Waals surface area contributed by atoms with E-state index < -0.39 is 40.2 Å². The number of H-pyrrole nitrogens is 1. The minimum atomic E-state index is -0.803. The maximum Gasteiger partial charge on any atom is 0.349 e. The van der Waals surface area contributed by atoms with E-state index in [-0.39, 0.29) is 21.7 Å². The summed E-state index contributed by atoms with van der Waals surface area (Å²) >= 11 is 6.16. The van der Waals surface area contributed by atoms with E-state index in [0.29, 0.717) is 15.9 Å². The largest absolute Gasteiger partial charge is 0.476 e. The first-order valence-electron chi connectivity index (χ1n) is 10.2. The Labute approximate surface area is 205 Å². The lowest BCUT2D eigenvalue weighted by Gasteiger charge is -2.10. The maximum absolute atomic E-state index is 13.0. The van der Waals surface area contributed by atoms with E-state index in [9.17, 15) is 28.9 Å². The highest BCUT2D eigenvalue weighted by atomic mass is 35.5. The van der Waals surface area contributed by atoms with Crippen LogP contribution in [0.4, 0.5) is 15.8 Å². The molecule has 0 aliphatic rings. The zero-order chi connectivity index (χ0) is 25.8. The number of fused-ring (bicyclic) bond motifs is 1. The van der Waals surface area contributed by atoms with Crippen molar-refractivity contribution in [2.75, 3.05) is 11.9 Å². The number of benzene rings is 3. The lowest BCUT2D eigenvalue weighted by molar-refractivity contribution is -0.385. The van der Waals surface area contributed by atoms with Crippen LogP contribution in [-0.4, -0.2) is 33.3 Å². The minimum absolute atomic E-state index is 0.0919. The number of nitro benzene ring substituents is 1. The molecule has 0 spiro atoms. The molecular formula is C23H15ClFN5O6. The van der Waals surface area contributed by atoms with Crippen LogP contribution in [0.5, 0.6) is 5.75 Å². The molecule has 3 aromatic carbocycles. The highest BCUT2D eigenvalue weighted by Crippen LogP contribution is 2.35. The number of carbonyl (C=O) groups excluding carboxylic acids is 1. The number of aromatic nitrogens is 2. The quantitative estimate of drug-likeness (QED) is 0.221. The third-order valence-corrected chi connectivity index (χ3v) is 5.11. The Morgan fingerprint density at radius 1 is 1.19 bits per heavy atom. The van der Waals surface area contributed by atoms with Crippen LogP contribution in [-0.2, 0) is 4.79 Å². The number of aromatic amines is 1. The number of rotatable bonds is 7. The molecule has 2 N–H and O–H groups in total. The Balaban J connectivity index is 1.57. The van der Waals surface area contributed by atoms with Gasteiger partial charge >= 0.3 is 11.4 Å².